The van der Waals surface area contributed by atoms with Crippen molar-refractivity contribution < 1.29 is 23.8 Å². The van der Waals surface area contributed by atoms with E-state index in [2.05, 4.69) is 5.32 Å². The van der Waals surface area contributed by atoms with Gasteiger partial charge in [-0.2, -0.15) is 0 Å². The predicted molar refractivity (Wildman–Crippen MR) is 129 cm³/mol. The standard InChI is InChI=1S/C26H27N3O6/c1-33-22-9-5-4-8-21(22)29-17-20(18-6-2-3-7-19(18)25(29)32)24(31)27-16-23(30)28-12-10-26(11-13-28)34-14-15-35-26/h2-9,17H,10-16H2,1H3,(H,27,31). The summed E-state index contributed by atoms with van der Waals surface area (Å²) in [7, 11) is 1.53. The van der Waals surface area contributed by atoms with Crippen LogP contribution in [-0.4, -0.2) is 67.0 Å². The number of amides is 2. The highest BCUT2D eigenvalue weighted by Crippen LogP contribution is 2.31. The number of fused-ring (bicyclic) bond motifs is 1. The van der Waals surface area contributed by atoms with E-state index in [1.807, 2.05) is 0 Å². The first-order valence-electron chi connectivity index (χ1n) is 11.6. The molecule has 2 aliphatic heterocycles. The van der Waals surface area contributed by atoms with E-state index < -0.39 is 11.7 Å². The molecular formula is C26H27N3O6. The van der Waals surface area contributed by atoms with Gasteiger partial charge in [-0.1, -0.05) is 30.3 Å². The fraction of sp³-hybridized carbons (Fsp3) is 0.346. The molecule has 9 nitrogen and oxygen atoms in total. The summed E-state index contributed by atoms with van der Waals surface area (Å²) in [6, 6.07) is 14.0. The van der Waals surface area contributed by atoms with Crippen molar-refractivity contribution >= 4 is 22.6 Å². The number of nitrogens with one attached hydrogen (secondary N) is 1. The summed E-state index contributed by atoms with van der Waals surface area (Å²) in [6.45, 7) is 2.03. The van der Waals surface area contributed by atoms with E-state index >= 15 is 0 Å². The third kappa shape index (κ3) is 4.40. The summed E-state index contributed by atoms with van der Waals surface area (Å²) in [5.41, 5.74) is 0.551. The molecule has 2 amide bonds. The zero-order valence-electron chi connectivity index (χ0n) is 19.5. The summed E-state index contributed by atoms with van der Waals surface area (Å²) >= 11 is 0. The highest BCUT2D eigenvalue weighted by molar-refractivity contribution is 6.07. The van der Waals surface area contributed by atoms with Crippen molar-refractivity contribution in [3.05, 3.63) is 70.6 Å². The van der Waals surface area contributed by atoms with Gasteiger partial charge in [-0.15, -0.1) is 0 Å². The number of ether oxygens (including phenoxy) is 3. The number of likely N-dealkylation sites (tertiary alicyclic amines) is 1. The molecular weight excluding hydrogens is 450 g/mol. The number of methoxy groups -OCH3 is 1. The number of piperidine rings is 1. The maximum Gasteiger partial charge on any atom is 0.263 e. The first-order valence-corrected chi connectivity index (χ1v) is 11.6. The van der Waals surface area contributed by atoms with Gasteiger partial charge < -0.3 is 24.4 Å². The molecule has 9 heteroatoms. The number of para-hydroxylation sites is 2. The minimum absolute atomic E-state index is 0.143. The molecule has 0 radical (unpaired) electrons. The first-order chi connectivity index (χ1) is 17.0. The Bertz CT molecular complexity index is 1320. The van der Waals surface area contributed by atoms with E-state index in [1.54, 1.807) is 53.4 Å². The third-order valence-corrected chi connectivity index (χ3v) is 6.61. The van der Waals surface area contributed by atoms with Crippen molar-refractivity contribution in [2.75, 3.05) is 40.0 Å². The Labute approximate surface area is 202 Å². The fourth-order valence-electron chi connectivity index (χ4n) is 4.73. The summed E-state index contributed by atoms with van der Waals surface area (Å²) in [5, 5.41) is 3.65. The molecule has 0 aliphatic carbocycles. The SMILES string of the molecule is COc1ccccc1-n1cc(C(=O)NCC(=O)N2CCC3(CC2)OCCO3)c2ccccc2c1=O. The largest absolute Gasteiger partial charge is 0.495 e. The Kier molecular flexibility index (Phi) is 6.27. The Hall–Kier alpha value is -3.69. The van der Waals surface area contributed by atoms with E-state index in [0.717, 1.165) is 0 Å². The molecule has 3 heterocycles. The summed E-state index contributed by atoms with van der Waals surface area (Å²) in [5.74, 6) is -0.669. The van der Waals surface area contributed by atoms with Gasteiger partial charge in [0.15, 0.2) is 5.79 Å². The van der Waals surface area contributed by atoms with Gasteiger partial charge in [0.1, 0.15) is 5.75 Å². The third-order valence-electron chi connectivity index (χ3n) is 6.61. The topological polar surface area (TPSA) is 99.1 Å². The number of aromatic nitrogens is 1. The van der Waals surface area contributed by atoms with Gasteiger partial charge in [0.05, 0.1) is 38.1 Å². The minimum Gasteiger partial charge on any atom is -0.495 e. The molecule has 3 aromatic rings. The second-order valence-electron chi connectivity index (χ2n) is 8.61. The molecule has 0 atom stereocenters. The quantitative estimate of drug-likeness (QED) is 0.604. The molecule has 0 saturated carbocycles. The van der Waals surface area contributed by atoms with Crippen molar-refractivity contribution in [3.8, 4) is 11.4 Å². The predicted octanol–water partition coefficient (Wildman–Crippen LogP) is 2.09. The highest BCUT2D eigenvalue weighted by atomic mass is 16.7. The van der Waals surface area contributed by atoms with Gasteiger partial charge in [0, 0.05) is 42.9 Å². The highest BCUT2D eigenvalue weighted by Gasteiger charge is 2.40. The maximum atomic E-state index is 13.2. The van der Waals surface area contributed by atoms with Crippen molar-refractivity contribution in [1.82, 2.24) is 14.8 Å². The van der Waals surface area contributed by atoms with E-state index in [9.17, 15) is 14.4 Å². The molecule has 0 unspecified atom stereocenters. The Balaban J connectivity index is 1.37. The van der Waals surface area contributed by atoms with Gasteiger partial charge in [-0.25, -0.2) is 0 Å². The summed E-state index contributed by atoms with van der Waals surface area (Å²) < 4.78 is 18.3. The van der Waals surface area contributed by atoms with Gasteiger partial charge in [0.25, 0.3) is 11.5 Å². The van der Waals surface area contributed by atoms with E-state index in [-0.39, 0.29) is 18.0 Å². The number of benzene rings is 2. The van der Waals surface area contributed by atoms with Crippen LogP contribution in [0.4, 0.5) is 0 Å². The lowest BCUT2D eigenvalue weighted by atomic mass is 10.0. The fourth-order valence-corrected chi connectivity index (χ4v) is 4.73. The monoisotopic (exact) mass is 477 g/mol. The Morgan fingerprint density at radius 2 is 1.66 bits per heavy atom. The molecule has 2 aromatic carbocycles. The summed E-state index contributed by atoms with van der Waals surface area (Å²) in [6.07, 6.45) is 2.73. The van der Waals surface area contributed by atoms with Crippen LogP contribution in [0.3, 0.4) is 0 Å². The van der Waals surface area contributed by atoms with E-state index in [0.29, 0.717) is 66.9 Å². The van der Waals surface area contributed by atoms with Crippen molar-refractivity contribution in [1.29, 1.82) is 0 Å². The molecule has 0 bridgehead atoms. The van der Waals surface area contributed by atoms with Crippen molar-refractivity contribution in [3.63, 3.8) is 0 Å². The normalized spacial score (nSPS) is 17.0. The lowest BCUT2D eigenvalue weighted by Crippen LogP contribution is -2.49. The average Bonchev–Trinajstić information content (AvgIpc) is 3.35. The number of carbonyl (C=O) groups excluding carboxylic acids is 2. The van der Waals surface area contributed by atoms with Crippen molar-refractivity contribution in [2.45, 2.75) is 18.6 Å². The smallest absolute Gasteiger partial charge is 0.263 e. The average molecular weight is 478 g/mol. The number of pyridine rings is 1. The molecule has 1 N–H and O–H groups in total. The maximum absolute atomic E-state index is 13.2. The number of carbonyl (C=O) groups is 2. The zero-order valence-corrected chi connectivity index (χ0v) is 19.5. The van der Waals surface area contributed by atoms with Gasteiger partial charge >= 0.3 is 0 Å². The van der Waals surface area contributed by atoms with Crippen LogP contribution >= 0.6 is 0 Å². The first kappa shape index (κ1) is 23.1. The molecule has 1 spiro atoms. The molecule has 5 rings (SSSR count). The second kappa shape index (κ2) is 9.52. The van der Waals surface area contributed by atoms with Crippen LogP contribution in [0.2, 0.25) is 0 Å². The lowest BCUT2D eigenvalue weighted by Gasteiger charge is -2.37. The van der Waals surface area contributed by atoms with E-state index in [1.165, 1.54) is 17.9 Å². The Morgan fingerprint density at radius 1 is 1.00 bits per heavy atom. The number of hydrogen-bond donors (Lipinski definition) is 1. The molecule has 182 valence electrons. The van der Waals surface area contributed by atoms with Crippen LogP contribution in [0.15, 0.2) is 59.5 Å². The van der Waals surface area contributed by atoms with Crippen LogP contribution < -0.4 is 15.6 Å². The second-order valence-corrected chi connectivity index (χ2v) is 8.61. The number of rotatable bonds is 5. The van der Waals surface area contributed by atoms with Gasteiger partial charge in [-0.3, -0.25) is 19.0 Å². The van der Waals surface area contributed by atoms with Crippen molar-refractivity contribution in [2.24, 2.45) is 0 Å². The lowest BCUT2D eigenvalue weighted by molar-refractivity contribution is -0.187. The van der Waals surface area contributed by atoms with Gasteiger partial charge in [-0.05, 0) is 18.2 Å². The number of hydrogen-bond acceptors (Lipinski definition) is 6. The molecule has 35 heavy (non-hydrogen) atoms. The van der Waals surface area contributed by atoms with Crippen LogP contribution in [0.1, 0.15) is 23.2 Å². The van der Waals surface area contributed by atoms with Crippen LogP contribution in [0, 0.1) is 0 Å². The zero-order chi connectivity index (χ0) is 24.4. The van der Waals surface area contributed by atoms with Gasteiger partial charge in [0.2, 0.25) is 5.91 Å². The summed E-state index contributed by atoms with van der Waals surface area (Å²) in [4.78, 5) is 41.0. The molecule has 2 fully saturated rings. The Morgan fingerprint density at radius 3 is 2.37 bits per heavy atom. The molecule has 2 aliphatic rings. The van der Waals surface area contributed by atoms with Crippen LogP contribution in [0.5, 0.6) is 5.75 Å². The molecule has 1 aromatic heterocycles. The molecule has 2 saturated heterocycles. The van der Waals surface area contributed by atoms with E-state index in [4.69, 9.17) is 14.2 Å². The van der Waals surface area contributed by atoms with Crippen LogP contribution in [0.25, 0.3) is 16.5 Å². The number of nitrogens with zero attached hydrogens (tertiary/aromatic N) is 2. The van der Waals surface area contributed by atoms with Crippen LogP contribution in [-0.2, 0) is 14.3 Å². The minimum atomic E-state index is -0.564.